The van der Waals surface area contributed by atoms with Gasteiger partial charge in [0.05, 0.1) is 26.9 Å². The quantitative estimate of drug-likeness (QED) is 0.484. The van der Waals surface area contributed by atoms with Gasteiger partial charge in [-0.1, -0.05) is 42.5 Å². The van der Waals surface area contributed by atoms with Crippen LogP contribution in [0.15, 0.2) is 72.8 Å². The third kappa shape index (κ3) is 6.52. The lowest BCUT2D eigenvalue weighted by molar-refractivity contribution is 0.00644. The lowest BCUT2D eigenvalue weighted by atomic mass is 10.0. The van der Waals surface area contributed by atoms with E-state index in [2.05, 4.69) is 5.32 Å². The second kappa shape index (κ2) is 11.5. The molecule has 0 spiro atoms. The van der Waals surface area contributed by atoms with Crippen LogP contribution in [-0.4, -0.2) is 38.6 Å². The zero-order valence-corrected chi connectivity index (χ0v) is 17.8. The fourth-order valence-electron chi connectivity index (χ4n) is 3.22. The van der Waals surface area contributed by atoms with E-state index in [-0.39, 0.29) is 25.1 Å². The van der Waals surface area contributed by atoms with E-state index in [9.17, 15) is 9.50 Å². The van der Waals surface area contributed by atoms with E-state index >= 15 is 0 Å². The van der Waals surface area contributed by atoms with Crippen molar-refractivity contribution in [2.45, 2.75) is 18.8 Å². The van der Waals surface area contributed by atoms with E-state index in [0.717, 1.165) is 22.6 Å². The van der Waals surface area contributed by atoms with Gasteiger partial charge >= 0.3 is 0 Å². The number of ether oxygens (including phenoxy) is 3. The normalized spacial score (nSPS) is 12.0. The van der Waals surface area contributed by atoms with Gasteiger partial charge in [-0.25, -0.2) is 4.39 Å². The highest BCUT2D eigenvalue weighted by molar-refractivity contribution is 5.36. The molecule has 6 heteroatoms. The first-order valence-electron chi connectivity index (χ1n) is 10.1. The lowest BCUT2D eigenvalue weighted by Gasteiger charge is -2.22. The topological polar surface area (TPSA) is 60.0 Å². The van der Waals surface area contributed by atoms with E-state index in [4.69, 9.17) is 14.2 Å². The summed E-state index contributed by atoms with van der Waals surface area (Å²) < 4.78 is 30.3. The van der Waals surface area contributed by atoms with Gasteiger partial charge in [0.2, 0.25) is 0 Å². The number of hydrogen-bond acceptors (Lipinski definition) is 5. The van der Waals surface area contributed by atoms with Gasteiger partial charge in [-0.3, -0.25) is 0 Å². The SMILES string of the molecule is COc1ccc(C(OCC(O)CNCc2ccccc2F)c2ccc(OC)cc2)cc1. The zero-order chi connectivity index (χ0) is 22.1. The van der Waals surface area contributed by atoms with Crippen LogP contribution in [0.2, 0.25) is 0 Å². The molecule has 0 bridgehead atoms. The summed E-state index contributed by atoms with van der Waals surface area (Å²) in [4.78, 5) is 0. The van der Waals surface area contributed by atoms with Crippen molar-refractivity contribution in [2.75, 3.05) is 27.4 Å². The molecular weight excluding hydrogens is 397 g/mol. The minimum atomic E-state index is -0.745. The zero-order valence-electron chi connectivity index (χ0n) is 17.8. The fourth-order valence-corrected chi connectivity index (χ4v) is 3.22. The number of hydrogen-bond donors (Lipinski definition) is 2. The van der Waals surface area contributed by atoms with Crippen LogP contribution in [0.4, 0.5) is 4.39 Å². The van der Waals surface area contributed by atoms with Gasteiger partial charge in [-0.05, 0) is 41.5 Å². The Bertz CT molecular complexity index is 884. The Kier molecular flexibility index (Phi) is 8.41. The van der Waals surface area contributed by atoms with Crippen molar-refractivity contribution in [1.82, 2.24) is 5.32 Å². The third-order valence-electron chi connectivity index (χ3n) is 4.95. The van der Waals surface area contributed by atoms with Gasteiger partial charge in [0.25, 0.3) is 0 Å². The second-order valence-corrected chi connectivity index (χ2v) is 7.14. The molecule has 0 saturated carbocycles. The molecule has 0 aromatic heterocycles. The molecule has 0 aliphatic rings. The van der Waals surface area contributed by atoms with Gasteiger partial charge in [-0.2, -0.15) is 0 Å². The molecule has 164 valence electrons. The molecule has 2 N–H and O–H groups in total. The summed E-state index contributed by atoms with van der Waals surface area (Å²) in [5, 5.41) is 13.5. The first-order chi connectivity index (χ1) is 15.1. The molecule has 5 nitrogen and oxygen atoms in total. The highest BCUT2D eigenvalue weighted by Crippen LogP contribution is 2.29. The average molecular weight is 426 g/mol. The van der Waals surface area contributed by atoms with Crippen molar-refractivity contribution in [2.24, 2.45) is 0 Å². The first-order valence-corrected chi connectivity index (χ1v) is 10.1. The molecular formula is C25H28FNO4. The van der Waals surface area contributed by atoms with Crippen molar-refractivity contribution in [3.05, 3.63) is 95.3 Å². The van der Waals surface area contributed by atoms with Crippen LogP contribution >= 0.6 is 0 Å². The summed E-state index contributed by atoms with van der Waals surface area (Å²) >= 11 is 0. The monoisotopic (exact) mass is 425 g/mol. The third-order valence-corrected chi connectivity index (χ3v) is 4.95. The fraction of sp³-hybridized carbons (Fsp3) is 0.280. The molecule has 0 saturated heterocycles. The van der Waals surface area contributed by atoms with Gasteiger partial charge in [0.1, 0.15) is 23.4 Å². The summed E-state index contributed by atoms with van der Waals surface area (Å²) in [5.41, 5.74) is 2.44. The second-order valence-electron chi connectivity index (χ2n) is 7.14. The van der Waals surface area contributed by atoms with E-state index < -0.39 is 6.10 Å². The largest absolute Gasteiger partial charge is 0.497 e. The van der Waals surface area contributed by atoms with Crippen molar-refractivity contribution in [3.8, 4) is 11.5 Å². The maximum atomic E-state index is 13.7. The number of benzene rings is 3. The molecule has 0 aliphatic heterocycles. The number of aliphatic hydroxyl groups excluding tert-OH is 1. The highest BCUT2D eigenvalue weighted by Gasteiger charge is 2.17. The molecule has 0 radical (unpaired) electrons. The van der Waals surface area contributed by atoms with Gasteiger partial charge in [0, 0.05) is 18.7 Å². The Labute approximate surface area is 182 Å². The molecule has 1 unspecified atom stereocenters. The van der Waals surface area contributed by atoms with Crippen molar-refractivity contribution < 1.29 is 23.7 Å². The summed E-state index contributed by atoms with van der Waals surface area (Å²) in [7, 11) is 3.24. The van der Waals surface area contributed by atoms with Crippen LogP contribution in [0.5, 0.6) is 11.5 Å². The number of nitrogens with one attached hydrogen (secondary N) is 1. The standard InChI is InChI=1S/C25H28FNO4/c1-29-22-11-7-18(8-12-22)25(19-9-13-23(30-2)14-10-19)31-17-21(28)16-27-15-20-5-3-4-6-24(20)26/h3-14,21,25,27-28H,15-17H2,1-2H3. The molecule has 3 aromatic rings. The highest BCUT2D eigenvalue weighted by atomic mass is 19.1. The van der Waals surface area contributed by atoms with E-state index in [1.54, 1.807) is 32.4 Å². The molecule has 1 atom stereocenters. The summed E-state index contributed by atoms with van der Waals surface area (Å²) in [6.45, 7) is 0.739. The molecule has 0 fully saturated rings. The molecule has 0 aliphatic carbocycles. The van der Waals surface area contributed by atoms with Gasteiger partial charge < -0.3 is 24.6 Å². The summed E-state index contributed by atoms with van der Waals surface area (Å²) in [5.74, 6) is 1.25. The van der Waals surface area contributed by atoms with Crippen molar-refractivity contribution in [1.29, 1.82) is 0 Å². The van der Waals surface area contributed by atoms with E-state index in [0.29, 0.717) is 12.1 Å². The lowest BCUT2D eigenvalue weighted by Crippen LogP contribution is -2.31. The van der Waals surface area contributed by atoms with Crippen LogP contribution in [0.25, 0.3) is 0 Å². The summed E-state index contributed by atoms with van der Waals surface area (Å²) in [6, 6.07) is 21.8. The number of halogens is 1. The van der Waals surface area contributed by atoms with Crippen LogP contribution in [-0.2, 0) is 11.3 Å². The molecule has 31 heavy (non-hydrogen) atoms. The van der Waals surface area contributed by atoms with Crippen molar-refractivity contribution >= 4 is 0 Å². The average Bonchev–Trinajstić information content (AvgIpc) is 2.81. The maximum absolute atomic E-state index is 13.7. The Hall–Kier alpha value is -2.93. The van der Waals surface area contributed by atoms with Crippen LogP contribution in [0.3, 0.4) is 0 Å². The molecule has 3 rings (SSSR count). The van der Waals surface area contributed by atoms with Crippen LogP contribution in [0, 0.1) is 5.82 Å². The summed E-state index contributed by atoms with van der Waals surface area (Å²) in [6.07, 6.45) is -1.11. The Morgan fingerprint density at radius 3 is 1.90 bits per heavy atom. The smallest absolute Gasteiger partial charge is 0.127 e. The number of methoxy groups -OCH3 is 2. The molecule has 0 heterocycles. The Morgan fingerprint density at radius 2 is 1.39 bits per heavy atom. The minimum absolute atomic E-state index is 0.118. The van der Waals surface area contributed by atoms with E-state index in [1.807, 2.05) is 48.5 Å². The maximum Gasteiger partial charge on any atom is 0.127 e. The predicted octanol–water partition coefficient (Wildman–Crippen LogP) is 4.10. The first kappa shape index (κ1) is 22.7. The molecule has 3 aromatic carbocycles. The van der Waals surface area contributed by atoms with E-state index in [1.165, 1.54) is 6.07 Å². The van der Waals surface area contributed by atoms with Gasteiger partial charge in [-0.15, -0.1) is 0 Å². The Morgan fingerprint density at radius 1 is 0.839 bits per heavy atom. The predicted molar refractivity (Wildman–Crippen MR) is 118 cm³/mol. The minimum Gasteiger partial charge on any atom is -0.497 e. The number of rotatable bonds is 11. The number of aliphatic hydroxyl groups is 1. The van der Waals surface area contributed by atoms with Crippen molar-refractivity contribution in [3.63, 3.8) is 0 Å². The van der Waals surface area contributed by atoms with Gasteiger partial charge in [0.15, 0.2) is 0 Å². The Balaban J connectivity index is 1.62. The molecule has 0 amide bonds. The van der Waals surface area contributed by atoms with Crippen LogP contribution in [0.1, 0.15) is 22.8 Å². The van der Waals surface area contributed by atoms with Crippen LogP contribution < -0.4 is 14.8 Å².